The summed E-state index contributed by atoms with van der Waals surface area (Å²) < 4.78 is 5.10. The quantitative estimate of drug-likeness (QED) is 0.893. The van der Waals surface area contributed by atoms with Crippen LogP contribution in [0.15, 0.2) is 22.8 Å². The molecule has 2 rings (SSSR count). The van der Waals surface area contributed by atoms with Crippen molar-refractivity contribution in [3.8, 4) is 6.07 Å². The highest BCUT2D eigenvalue weighted by Gasteiger charge is 2.25. The lowest BCUT2D eigenvalue weighted by Gasteiger charge is -2.31. The Labute approximate surface area is 117 Å². The summed E-state index contributed by atoms with van der Waals surface area (Å²) in [4.78, 5) is 25.0. The molecule has 0 saturated carbocycles. The van der Waals surface area contributed by atoms with Crippen molar-refractivity contribution in [2.24, 2.45) is 5.92 Å². The lowest BCUT2D eigenvalue weighted by molar-refractivity contribution is -0.120. The molecule has 6 nitrogen and oxygen atoms in total. The highest BCUT2D eigenvalue weighted by Crippen LogP contribution is 2.18. The molecule has 106 valence electrons. The lowest BCUT2D eigenvalue weighted by Crippen LogP contribution is -2.41. The Kier molecular flexibility index (Phi) is 4.77. The van der Waals surface area contributed by atoms with Gasteiger partial charge in [-0.05, 0) is 30.9 Å². The Bertz CT molecular complexity index is 496. The number of nitrogens with zero attached hydrogens (tertiary/aromatic N) is 2. The van der Waals surface area contributed by atoms with E-state index < -0.39 is 0 Å². The number of amides is 2. The first-order valence-corrected chi connectivity index (χ1v) is 6.67. The lowest BCUT2D eigenvalue weighted by atomic mass is 9.96. The maximum absolute atomic E-state index is 12.0. The van der Waals surface area contributed by atoms with Crippen molar-refractivity contribution < 1.29 is 14.0 Å². The van der Waals surface area contributed by atoms with Gasteiger partial charge in [0.1, 0.15) is 6.42 Å². The highest BCUT2D eigenvalue weighted by atomic mass is 16.3. The maximum atomic E-state index is 12.0. The van der Waals surface area contributed by atoms with Crippen LogP contribution in [0.4, 0.5) is 0 Å². The minimum Gasteiger partial charge on any atom is -0.459 e. The number of furan rings is 1. The second-order valence-electron chi connectivity index (χ2n) is 4.85. The van der Waals surface area contributed by atoms with Gasteiger partial charge in [0, 0.05) is 19.6 Å². The van der Waals surface area contributed by atoms with Crippen molar-refractivity contribution in [2.75, 3.05) is 19.6 Å². The molecule has 0 aromatic carbocycles. The average molecular weight is 275 g/mol. The maximum Gasteiger partial charge on any atom is 0.289 e. The smallest absolute Gasteiger partial charge is 0.289 e. The van der Waals surface area contributed by atoms with Crippen LogP contribution >= 0.6 is 0 Å². The van der Waals surface area contributed by atoms with Gasteiger partial charge in [0.25, 0.3) is 5.91 Å². The molecule has 2 heterocycles. The molecule has 6 heteroatoms. The summed E-state index contributed by atoms with van der Waals surface area (Å²) in [5.41, 5.74) is 0. The van der Waals surface area contributed by atoms with E-state index in [9.17, 15) is 9.59 Å². The van der Waals surface area contributed by atoms with E-state index in [0.29, 0.717) is 31.3 Å². The van der Waals surface area contributed by atoms with Gasteiger partial charge in [-0.1, -0.05) is 0 Å². The summed E-state index contributed by atoms with van der Waals surface area (Å²) in [6.45, 7) is 1.90. The van der Waals surface area contributed by atoms with Crippen LogP contribution < -0.4 is 5.32 Å². The topological polar surface area (TPSA) is 86.3 Å². The normalized spacial score (nSPS) is 15.7. The van der Waals surface area contributed by atoms with Gasteiger partial charge in [0.15, 0.2) is 5.76 Å². The molecule has 0 bridgehead atoms. The number of carbonyl (C=O) groups excluding carboxylic acids is 2. The number of hydrogen-bond acceptors (Lipinski definition) is 4. The molecule has 0 spiro atoms. The summed E-state index contributed by atoms with van der Waals surface area (Å²) in [5, 5.41) is 11.1. The van der Waals surface area contributed by atoms with Gasteiger partial charge >= 0.3 is 0 Å². The first-order valence-electron chi connectivity index (χ1n) is 6.67. The molecular weight excluding hydrogens is 258 g/mol. The molecule has 0 aliphatic carbocycles. The Morgan fingerprint density at radius 2 is 2.20 bits per heavy atom. The monoisotopic (exact) mass is 275 g/mol. The Morgan fingerprint density at radius 1 is 1.45 bits per heavy atom. The van der Waals surface area contributed by atoms with Crippen molar-refractivity contribution >= 4 is 11.8 Å². The van der Waals surface area contributed by atoms with Crippen molar-refractivity contribution in [3.63, 3.8) is 0 Å². The van der Waals surface area contributed by atoms with E-state index in [-0.39, 0.29) is 18.2 Å². The standard InChI is InChI=1S/C14H17N3O3/c15-6-3-13(18)16-10-11-4-7-17(8-5-11)14(19)12-2-1-9-20-12/h1-2,9,11H,3-5,7-8,10H2,(H,16,18). The second kappa shape index (κ2) is 6.75. The van der Waals surface area contributed by atoms with Gasteiger partial charge in [-0.3, -0.25) is 9.59 Å². The highest BCUT2D eigenvalue weighted by molar-refractivity contribution is 5.91. The van der Waals surface area contributed by atoms with Crippen molar-refractivity contribution in [3.05, 3.63) is 24.2 Å². The van der Waals surface area contributed by atoms with Crippen LogP contribution in [0.2, 0.25) is 0 Å². The van der Waals surface area contributed by atoms with Crippen molar-refractivity contribution in [2.45, 2.75) is 19.3 Å². The summed E-state index contributed by atoms with van der Waals surface area (Å²) in [6, 6.07) is 5.18. The number of piperidine rings is 1. The molecule has 0 radical (unpaired) electrons. The zero-order chi connectivity index (χ0) is 14.4. The van der Waals surface area contributed by atoms with Crippen LogP contribution in [0, 0.1) is 17.2 Å². The third-order valence-electron chi connectivity index (χ3n) is 3.46. The molecule has 1 N–H and O–H groups in total. The third-order valence-corrected chi connectivity index (χ3v) is 3.46. The number of hydrogen-bond donors (Lipinski definition) is 1. The molecule has 20 heavy (non-hydrogen) atoms. The summed E-state index contributed by atoms with van der Waals surface area (Å²) >= 11 is 0. The zero-order valence-electron chi connectivity index (χ0n) is 11.2. The summed E-state index contributed by atoms with van der Waals surface area (Å²) in [7, 11) is 0. The first kappa shape index (κ1) is 14.1. The fourth-order valence-corrected chi connectivity index (χ4v) is 2.29. The molecule has 2 amide bonds. The summed E-state index contributed by atoms with van der Waals surface area (Å²) in [5.74, 6) is 0.410. The molecule has 0 unspecified atom stereocenters. The molecule has 1 aromatic rings. The predicted octanol–water partition coefficient (Wildman–Crippen LogP) is 1.16. The molecule has 0 atom stereocenters. The Balaban J connectivity index is 1.74. The zero-order valence-corrected chi connectivity index (χ0v) is 11.2. The van der Waals surface area contributed by atoms with E-state index in [1.807, 2.05) is 6.07 Å². The van der Waals surface area contributed by atoms with Crippen LogP contribution in [-0.4, -0.2) is 36.3 Å². The number of likely N-dealkylation sites (tertiary alicyclic amines) is 1. The van der Waals surface area contributed by atoms with E-state index in [1.54, 1.807) is 17.0 Å². The number of nitriles is 1. The van der Waals surface area contributed by atoms with Crippen LogP contribution in [0.5, 0.6) is 0 Å². The van der Waals surface area contributed by atoms with Gasteiger partial charge in [-0.15, -0.1) is 0 Å². The average Bonchev–Trinajstić information content (AvgIpc) is 2.99. The van der Waals surface area contributed by atoms with Gasteiger partial charge in [0.05, 0.1) is 12.3 Å². The van der Waals surface area contributed by atoms with E-state index >= 15 is 0 Å². The van der Waals surface area contributed by atoms with E-state index in [0.717, 1.165) is 12.8 Å². The number of rotatable bonds is 4. The largest absolute Gasteiger partial charge is 0.459 e. The second-order valence-corrected chi connectivity index (χ2v) is 4.85. The van der Waals surface area contributed by atoms with Crippen molar-refractivity contribution in [1.29, 1.82) is 5.26 Å². The van der Waals surface area contributed by atoms with Crippen LogP contribution in [-0.2, 0) is 4.79 Å². The van der Waals surface area contributed by atoms with Crippen LogP contribution in [0.25, 0.3) is 0 Å². The summed E-state index contributed by atoms with van der Waals surface area (Å²) in [6.07, 6.45) is 3.08. The fourth-order valence-electron chi connectivity index (χ4n) is 2.29. The SMILES string of the molecule is N#CCC(=O)NCC1CCN(C(=O)c2ccco2)CC1. The molecule has 1 saturated heterocycles. The number of carbonyl (C=O) groups is 2. The molecule has 1 aliphatic heterocycles. The van der Waals surface area contributed by atoms with E-state index in [1.165, 1.54) is 6.26 Å². The van der Waals surface area contributed by atoms with Gasteiger partial charge < -0.3 is 14.6 Å². The first-order chi connectivity index (χ1) is 9.70. The van der Waals surface area contributed by atoms with Crippen LogP contribution in [0.3, 0.4) is 0 Å². The molecule has 1 fully saturated rings. The Morgan fingerprint density at radius 3 is 2.80 bits per heavy atom. The molecular formula is C14H17N3O3. The van der Waals surface area contributed by atoms with Crippen LogP contribution in [0.1, 0.15) is 29.8 Å². The number of nitrogens with one attached hydrogen (secondary N) is 1. The molecule has 1 aliphatic rings. The molecule has 1 aromatic heterocycles. The van der Waals surface area contributed by atoms with Crippen molar-refractivity contribution in [1.82, 2.24) is 10.2 Å². The van der Waals surface area contributed by atoms with E-state index in [2.05, 4.69) is 5.32 Å². The minimum atomic E-state index is -0.235. The fraction of sp³-hybridized carbons (Fsp3) is 0.500. The van der Waals surface area contributed by atoms with Gasteiger partial charge in [0.2, 0.25) is 5.91 Å². The van der Waals surface area contributed by atoms with E-state index in [4.69, 9.17) is 9.68 Å². The van der Waals surface area contributed by atoms with Gasteiger partial charge in [-0.25, -0.2) is 0 Å². The predicted molar refractivity (Wildman–Crippen MR) is 70.6 cm³/mol. The Hall–Kier alpha value is -2.29. The third kappa shape index (κ3) is 3.60. The minimum absolute atomic E-state index is 0.0815. The van der Waals surface area contributed by atoms with Gasteiger partial charge in [-0.2, -0.15) is 5.26 Å².